The maximum Gasteiger partial charge on any atom is 0.191 e. The molecule has 0 unspecified atom stereocenters. The molecule has 0 aliphatic carbocycles. The second kappa shape index (κ2) is 7.66. The van der Waals surface area contributed by atoms with E-state index >= 15 is 0 Å². The first-order valence-corrected chi connectivity index (χ1v) is 7.59. The fourth-order valence-electron chi connectivity index (χ4n) is 1.88. The highest BCUT2D eigenvalue weighted by Crippen LogP contribution is 2.16. The first-order valence-electron chi connectivity index (χ1n) is 7.19. The Labute approximate surface area is 136 Å². The Morgan fingerprint density at radius 2 is 1.86 bits per heavy atom. The molecule has 0 atom stereocenters. The van der Waals surface area contributed by atoms with Crippen molar-refractivity contribution in [1.29, 1.82) is 0 Å². The number of rotatable bonds is 4. The van der Waals surface area contributed by atoms with Crippen LogP contribution in [0.3, 0.4) is 0 Å². The van der Waals surface area contributed by atoms with Gasteiger partial charge in [-0.05, 0) is 54.9 Å². The molecule has 1 aromatic carbocycles. The second-order valence-electron chi connectivity index (χ2n) is 5.25. The third-order valence-corrected chi connectivity index (χ3v) is 3.39. The van der Waals surface area contributed by atoms with Crippen LogP contribution in [-0.4, -0.2) is 15.8 Å². The summed E-state index contributed by atoms with van der Waals surface area (Å²) in [5.41, 5.74) is 6.67. The lowest BCUT2D eigenvalue weighted by Gasteiger charge is -2.10. The van der Waals surface area contributed by atoms with Crippen molar-refractivity contribution in [2.75, 3.05) is 5.32 Å². The van der Waals surface area contributed by atoms with Gasteiger partial charge in [-0.1, -0.05) is 32.0 Å². The maximum absolute atomic E-state index is 5.24. The Bertz CT molecular complexity index is 648. The summed E-state index contributed by atoms with van der Waals surface area (Å²) in [5, 5.41) is 7.80. The Balaban J connectivity index is 1.93. The predicted octanol–water partition coefficient (Wildman–Crippen LogP) is 3.92. The van der Waals surface area contributed by atoms with Crippen molar-refractivity contribution >= 4 is 28.7 Å². The number of nitrogens with one attached hydrogen (secondary N) is 2. The Kier molecular flexibility index (Phi) is 5.61. The number of anilines is 1. The van der Waals surface area contributed by atoms with E-state index in [4.69, 9.17) is 12.2 Å². The average Bonchev–Trinajstić information content (AvgIpc) is 2.54. The summed E-state index contributed by atoms with van der Waals surface area (Å²) < 4.78 is 0. The standard InChI is InChI=1S/C17H20N4S/c1-12(2)14-7-9-15(10-8-14)19-17(22)21-20-13(3)16-6-4-5-11-18-16/h4-12H,1-3H3,(H2,19,21,22)/b20-13+. The number of aromatic nitrogens is 1. The van der Waals surface area contributed by atoms with Gasteiger partial charge in [-0.15, -0.1) is 0 Å². The minimum Gasteiger partial charge on any atom is -0.331 e. The van der Waals surface area contributed by atoms with Crippen molar-refractivity contribution < 1.29 is 0 Å². The van der Waals surface area contributed by atoms with E-state index in [0.29, 0.717) is 11.0 Å². The summed E-state index contributed by atoms with van der Waals surface area (Å²) >= 11 is 5.24. The first-order chi connectivity index (χ1) is 10.6. The zero-order valence-corrected chi connectivity index (χ0v) is 13.8. The molecule has 0 radical (unpaired) electrons. The molecule has 1 heterocycles. The molecule has 0 fully saturated rings. The fourth-order valence-corrected chi connectivity index (χ4v) is 2.04. The van der Waals surface area contributed by atoms with Gasteiger partial charge in [-0.25, -0.2) is 0 Å². The number of thiocarbonyl (C=S) groups is 1. The van der Waals surface area contributed by atoms with E-state index in [1.165, 1.54) is 5.56 Å². The quantitative estimate of drug-likeness (QED) is 0.510. The van der Waals surface area contributed by atoms with Crippen molar-refractivity contribution in [2.24, 2.45) is 5.10 Å². The van der Waals surface area contributed by atoms with Crippen molar-refractivity contribution in [1.82, 2.24) is 10.4 Å². The van der Waals surface area contributed by atoms with Crippen LogP contribution in [0.2, 0.25) is 0 Å². The van der Waals surface area contributed by atoms with E-state index < -0.39 is 0 Å². The van der Waals surface area contributed by atoms with Crippen molar-refractivity contribution in [2.45, 2.75) is 26.7 Å². The monoisotopic (exact) mass is 312 g/mol. The summed E-state index contributed by atoms with van der Waals surface area (Å²) in [6.45, 7) is 6.23. The third kappa shape index (κ3) is 4.63. The zero-order valence-electron chi connectivity index (χ0n) is 13.0. The lowest BCUT2D eigenvalue weighted by Crippen LogP contribution is -2.25. The van der Waals surface area contributed by atoms with Gasteiger partial charge in [0.1, 0.15) is 0 Å². The van der Waals surface area contributed by atoms with Gasteiger partial charge in [-0.2, -0.15) is 5.10 Å². The normalized spacial score (nSPS) is 11.4. The molecule has 0 saturated heterocycles. The van der Waals surface area contributed by atoms with Gasteiger partial charge in [0.2, 0.25) is 0 Å². The molecule has 5 heteroatoms. The molecule has 2 aromatic rings. The van der Waals surface area contributed by atoms with E-state index in [9.17, 15) is 0 Å². The van der Waals surface area contributed by atoms with Crippen LogP contribution >= 0.6 is 12.2 Å². The minimum atomic E-state index is 0.451. The number of benzene rings is 1. The molecule has 0 spiro atoms. The van der Waals surface area contributed by atoms with Crippen LogP contribution in [0.1, 0.15) is 37.9 Å². The topological polar surface area (TPSA) is 49.3 Å². The molecule has 22 heavy (non-hydrogen) atoms. The van der Waals surface area contributed by atoms with Crippen LogP contribution in [0.25, 0.3) is 0 Å². The van der Waals surface area contributed by atoms with Crippen molar-refractivity contribution in [3.05, 3.63) is 59.9 Å². The molecule has 2 N–H and O–H groups in total. The molecule has 0 amide bonds. The third-order valence-electron chi connectivity index (χ3n) is 3.20. The van der Waals surface area contributed by atoms with Gasteiger partial charge in [0.25, 0.3) is 0 Å². The molecule has 0 aliphatic heterocycles. The van der Waals surface area contributed by atoms with E-state index in [1.54, 1.807) is 6.20 Å². The number of pyridine rings is 1. The van der Waals surface area contributed by atoms with E-state index in [1.807, 2.05) is 37.3 Å². The number of hydrazone groups is 1. The van der Waals surface area contributed by atoms with E-state index in [0.717, 1.165) is 17.1 Å². The fraction of sp³-hybridized carbons (Fsp3) is 0.235. The molecule has 2 rings (SSSR count). The van der Waals surface area contributed by atoms with Crippen LogP contribution < -0.4 is 10.7 Å². The van der Waals surface area contributed by atoms with Gasteiger partial charge >= 0.3 is 0 Å². The van der Waals surface area contributed by atoms with Crippen LogP contribution in [-0.2, 0) is 0 Å². The van der Waals surface area contributed by atoms with Gasteiger partial charge in [-0.3, -0.25) is 10.4 Å². The molecule has 0 bridgehead atoms. The molecule has 0 saturated carbocycles. The first kappa shape index (κ1) is 16.1. The second-order valence-corrected chi connectivity index (χ2v) is 5.66. The molecule has 0 aliphatic rings. The molecule has 1 aromatic heterocycles. The SMILES string of the molecule is C/C(=N\NC(=S)Nc1ccc(C(C)C)cc1)c1ccccn1. The Morgan fingerprint density at radius 3 is 2.45 bits per heavy atom. The minimum absolute atomic E-state index is 0.451. The summed E-state index contributed by atoms with van der Waals surface area (Å²) in [5.74, 6) is 0.518. The van der Waals surface area contributed by atoms with Crippen LogP contribution in [0.15, 0.2) is 53.8 Å². The van der Waals surface area contributed by atoms with Crippen LogP contribution in [0, 0.1) is 0 Å². The van der Waals surface area contributed by atoms with E-state index in [-0.39, 0.29) is 0 Å². The summed E-state index contributed by atoms with van der Waals surface area (Å²) in [7, 11) is 0. The largest absolute Gasteiger partial charge is 0.331 e. The maximum atomic E-state index is 5.24. The summed E-state index contributed by atoms with van der Waals surface area (Å²) in [6.07, 6.45) is 1.74. The summed E-state index contributed by atoms with van der Waals surface area (Å²) in [6, 6.07) is 13.9. The Hall–Kier alpha value is -2.27. The smallest absolute Gasteiger partial charge is 0.191 e. The molecule has 114 valence electrons. The molecule has 4 nitrogen and oxygen atoms in total. The van der Waals surface area contributed by atoms with Crippen molar-refractivity contribution in [3.8, 4) is 0 Å². The highest BCUT2D eigenvalue weighted by atomic mass is 32.1. The van der Waals surface area contributed by atoms with Crippen LogP contribution in [0.4, 0.5) is 5.69 Å². The van der Waals surface area contributed by atoms with Gasteiger partial charge < -0.3 is 5.32 Å². The molecular weight excluding hydrogens is 292 g/mol. The predicted molar refractivity (Wildman–Crippen MR) is 96.3 cm³/mol. The summed E-state index contributed by atoms with van der Waals surface area (Å²) in [4.78, 5) is 4.23. The van der Waals surface area contributed by atoms with Gasteiger partial charge in [0.15, 0.2) is 5.11 Å². The number of nitrogens with zero attached hydrogens (tertiary/aromatic N) is 2. The highest BCUT2D eigenvalue weighted by Gasteiger charge is 2.01. The lowest BCUT2D eigenvalue weighted by molar-refractivity contribution is 0.867. The van der Waals surface area contributed by atoms with Gasteiger partial charge in [0, 0.05) is 11.9 Å². The average molecular weight is 312 g/mol. The van der Waals surface area contributed by atoms with Gasteiger partial charge in [0.05, 0.1) is 11.4 Å². The van der Waals surface area contributed by atoms with Crippen molar-refractivity contribution in [3.63, 3.8) is 0 Å². The molecular formula is C17H20N4S. The number of hydrogen-bond donors (Lipinski definition) is 2. The number of hydrogen-bond acceptors (Lipinski definition) is 3. The van der Waals surface area contributed by atoms with E-state index in [2.05, 4.69) is 46.8 Å². The Morgan fingerprint density at radius 1 is 1.14 bits per heavy atom. The highest BCUT2D eigenvalue weighted by molar-refractivity contribution is 7.80. The van der Waals surface area contributed by atoms with Crippen LogP contribution in [0.5, 0.6) is 0 Å². The lowest BCUT2D eigenvalue weighted by atomic mass is 10.0. The zero-order chi connectivity index (χ0) is 15.9.